The molecule has 6 rings (SSSR count). The molecule has 9 heteroatoms. The Bertz CT molecular complexity index is 1650. The number of aromatic amines is 2. The van der Waals surface area contributed by atoms with Crippen LogP contribution in [0.1, 0.15) is 5.56 Å². The molecule has 1 aromatic carbocycles. The first-order valence-corrected chi connectivity index (χ1v) is 10.2. The molecular weight excluding hydrogens is 419 g/mol. The number of aryl methyl sites for hydroxylation is 1. The highest BCUT2D eigenvalue weighted by molar-refractivity contribution is 5.95. The van der Waals surface area contributed by atoms with Crippen LogP contribution in [0.25, 0.3) is 56.0 Å². The van der Waals surface area contributed by atoms with Crippen LogP contribution >= 0.6 is 0 Å². The van der Waals surface area contributed by atoms with Crippen molar-refractivity contribution in [3.8, 4) is 33.9 Å². The highest BCUT2D eigenvalue weighted by Gasteiger charge is 2.17. The Morgan fingerprint density at radius 1 is 0.848 bits per heavy atom. The molecule has 4 N–H and O–H groups in total. The molecule has 0 aliphatic rings. The lowest BCUT2D eigenvalue weighted by Gasteiger charge is -2.04. The van der Waals surface area contributed by atoms with Gasteiger partial charge in [0.25, 0.3) is 0 Å². The topological polar surface area (TPSA) is 122 Å². The number of hydrogen-bond donors (Lipinski definition) is 3. The van der Waals surface area contributed by atoms with Gasteiger partial charge in [0.2, 0.25) is 0 Å². The molecule has 5 heterocycles. The molecule has 0 saturated heterocycles. The molecule has 0 spiro atoms. The quantitative estimate of drug-likeness (QED) is 0.371. The molecule has 0 saturated carbocycles. The van der Waals surface area contributed by atoms with E-state index in [9.17, 15) is 4.39 Å². The van der Waals surface area contributed by atoms with Crippen molar-refractivity contribution in [2.24, 2.45) is 0 Å². The van der Waals surface area contributed by atoms with E-state index < -0.39 is 0 Å². The van der Waals surface area contributed by atoms with Crippen molar-refractivity contribution in [1.29, 1.82) is 0 Å². The summed E-state index contributed by atoms with van der Waals surface area (Å²) < 4.78 is 14.0. The lowest BCUT2D eigenvalue weighted by molar-refractivity contribution is 0.627. The van der Waals surface area contributed by atoms with Crippen LogP contribution in [0.3, 0.4) is 0 Å². The summed E-state index contributed by atoms with van der Waals surface area (Å²) in [6, 6.07) is 10.5. The van der Waals surface area contributed by atoms with Gasteiger partial charge in [-0.25, -0.2) is 14.4 Å². The Labute approximate surface area is 186 Å². The lowest BCUT2D eigenvalue weighted by atomic mass is 10.0. The molecule has 0 aliphatic heterocycles. The Kier molecular flexibility index (Phi) is 4.16. The standard InChI is InChI=1S/C24H17FN8/c1-12-4-13(6-15(25)5-12)17-10-28-11-20-21(17)31-24(30-20)23-22-19(32-33-23)3-2-18(29-22)14-7-16(26)9-27-8-14/h2-11H,26H2,1H3,(H,30,31)(H,32,33). The number of aromatic nitrogens is 7. The third-order valence-corrected chi connectivity index (χ3v) is 5.43. The van der Waals surface area contributed by atoms with Gasteiger partial charge in [-0.15, -0.1) is 0 Å². The van der Waals surface area contributed by atoms with Crippen LogP contribution in [-0.2, 0) is 0 Å². The number of H-pyrrole nitrogens is 2. The minimum absolute atomic E-state index is 0.302. The van der Waals surface area contributed by atoms with E-state index in [1.165, 1.54) is 12.1 Å². The molecule has 160 valence electrons. The zero-order chi connectivity index (χ0) is 22.5. The average Bonchev–Trinajstić information content (AvgIpc) is 3.41. The van der Waals surface area contributed by atoms with Crippen LogP contribution in [-0.4, -0.2) is 35.1 Å². The highest BCUT2D eigenvalue weighted by atomic mass is 19.1. The number of nitrogen functional groups attached to an aromatic ring is 1. The Balaban J connectivity index is 1.51. The molecule has 8 nitrogen and oxygen atoms in total. The number of anilines is 1. The van der Waals surface area contributed by atoms with E-state index >= 15 is 0 Å². The van der Waals surface area contributed by atoms with Crippen molar-refractivity contribution in [2.45, 2.75) is 6.92 Å². The largest absolute Gasteiger partial charge is 0.397 e. The number of fused-ring (bicyclic) bond motifs is 2. The first-order valence-electron chi connectivity index (χ1n) is 10.2. The fourth-order valence-electron chi connectivity index (χ4n) is 3.97. The molecule has 33 heavy (non-hydrogen) atoms. The summed E-state index contributed by atoms with van der Waals surface area (Å²) in [5.74, 6) is 0.234. The molecule has 0 atom stereocenters. The number of hydrogen-bond acceptors (Lipinski definition) is 6. The second-order valence-corrected chi connectivity index (χ2v) is 7.86. The molecule has 0 bridgehead atoms. The molecule has 0 amide bonds. The second kappa shape index (κ2) is 7.20. The number of benzene rings is 1. The van der Waals surface area contributed by atoms with Crippen molar-refractivity contribution in [3.63, 3.8) is 0 Å². The average molecular weight is 436 g/mol. The monoisotopic (exact) mass is 436 g/mol. The zero-order valence-corrected chi connectivity index (χ0v) is 17.5. The van der Waals surface area contributed by atoms with Gasteiger partial charge < -0.3 is 10.7 Å². The Morgan fingerprint density at radius 2 is 1.73 bits per heavy atom. The van der Waals surface area contributed by atoms with Gasteiger partial charge in [-0.2, -0.15) is 5.10 Å². The van der Waals surface area contributed by atoms with Crippen molar-refractivity contribution in [1.82, 2.24) is 35.1 Å². The van der Waals surface area contributed by atoms with Gasteiger partial charge in [0.15, 0.2) is 11.5 Å². The summed E-state index contributed by atoms with van der Waals surface area (Å²) in [7, 11) is 0. The first-order chi connectivity index (χ1) is 16.0. The third-order valence-electron chi connectivity index (χ3n) is 5.43. The number of nitrogens with one attached hydrogen (secondary N) is 2. The van der Waals surface area contributed by atoms with Crippen LogP contribution in [0.5, 0.6) is 0 Å². The third kappa shape index (κ3) is 3.26. The van der Waals surface area contributed by atoms with Crippen molar-refractivity contribution in [3.05, 3.63) is 72.6 Å². The Morgan fingerprint density at radius 3 is 2.58 bits per heavy atom. The van der Waals surface area contributed by atoms with Gasteiger partial charge in [0.1, 0.15) is 11.3 Å². The molecule has 6 aromatic rings. The van der Waals surface area contributed by atoms with Crippen molar-refractivity contribution < 1.29 is 4.39 Å². The predicted molar refractivity (Wildman–Crippen MR) is 125 cm³/mol. The van der Waals surface area contributed by atoms with Gasteiger partial charge in [-0.05, 0) is 48.4 Å². The van der Waals surface area contributed by atoms with Gasteiger partial charge in [-0.3, -0.25) is 15.1 Å². The highest BCUT2D eigenvalue weighted by Crippen LogP contribution is 2.32. The molecular formula is C24H17FN8. The number of imidazole rings is 1. The van der Waals surface area contributed by atoms with Crippen molar-refractivity contribution in [2.75, 3.05) is 5.73 Å². The Hall–Kier alpha value is -4.66. The van der Waals surface area contributed by atoms with Crippen LogP contribution in [0.15, 0.2) is 61.2 Å². The van der Waals surface area contributed by atoms with E-state index in [-0.39, 0.29) is 5.82 Å². The number of nitrogens with two attached hydrogens (primary N) is 1. The summed E-state index contributed by atoms with van der Waals surface area (Å²) >= 11 is 0. The minimum atomic E-state index is -0.302. The van der Waals surface area contributed by atoms with E-state index in [1.807, 2.05) is 31.2 Å². The fraction of sp³-hybridized carbons (Fsp3) is 0.0417. The van der Waals surface area contributed by atoms with Gasteiger partial charge >= 0.3 is 0 Å². The van der Waals surface area contributed by atoms with Crippen LogP contribution in [0.4, 0.5) is 10.1 Å². The molecule has 0 radical (unpaired) electrons. The summed E-state index contributed by atoms with van der Waals surface area (Å²) in [6.07, 6.45) is 6.68. The van der Waals surface area contributed by atoms with Crippen molar-refractivity contribution >= 4 is 27.8 Å². The summed E-state index contributed by atoms with van der Waals surface area (Å²) in [5, 5.41) is 7.45. The van der Waals surface area contributed by atoms with E-state index in [4.69, 9.17) is 15.7 Å². The maximum atomic E-state index is 14.0. The maximum Gasteiger partial charge on any atom is 0.161 e. The van der Waals surface area contributed by atoms with E-state index in [1.54, 1.807) is 24.8 Å². The molecule has 0 aliphatic carbocycles. The van der Waals surface area contributed by atoms with E-state index in [0.717, 1.165) is 33.4 Å². The number of nitrogens with zero attached hydrogens (tertiary/aromatic N) is 5. The smallest absolute Gasteiger partial charge is 0.161 e. The summed E-state index contributed by atoms with van der Waals surface area (Å²) in [6.45, 7) is 1.85. The summed E-state index contributed by atoms with van der Waals surface area (Å²) in [4.78, 5) is 21.3. The minimum Gasteiger partial charge on any atom is -0.397 e. The first kappa shape index (κ1) is 19.1. The van der Waals surface area contributed by atoms with Gasteiger partial charge in [0, 0.05) is 29.7 Å². The van der Waals surface area contributed by atoms with E-state index in [0.29, 0.717) is 33.8 Å². The van der Waals surface area contributed by atoms with Gasteiger partial charge in [0.05, 0.1) is 34.1 Å². The second-order valence-electron chi connectivity index (χ2n) is 7.86. The fourth-order valence-corrected chi connectivity index (χ4v) is 3.97. The maximum absolute atomic E-state index is 14.0. The lowest BCUT2D eigenvalue weighted by Crippen LogP contribution is -1.90. The van der Waals surface area contributed by atoms with Crippen LogP contribution in [0.2, 0.25) is 0 Å². The number of pyridine rings is 3. The normalized spacial score (nSPS) is 11.5. The van der Waals surface area contributed by atoms with Crippen LogP contribution in [0, 0.1) is 12.7 Å². The number of rotatable bonds is 3. The predicted octanol–water partition coefficient (Wildman–Crippen LogP) is 4.65. The SMILES string of the molecule is Cc1cc(F)cc(-c2cncc3[nH]c(-c4n[nH]c5ccc(-c6cncc(N)c6)nc45)nc23)c1. The van der Waals surface area contributed by atoms with Gasteiger partial charge in [-0.1, -0.05) is 6.07 Å². The molecule has 0 fully saturated rings. The molecule has 5 aromatic heterocycles. The molecule has 0 unspecified atom stereocenters. The zero-order valence-electron chi connectivity index (χ0n) is 17.5. The number of halogens is 1. The van der Waals surface area contributed by atoms with E-state index in [2.05, 4.69) is 25.1 Å². The summed E-state index contributed by atoms with van der Waals surface area (Å²) in [5.41, 5.74) is 13.6. The van der Waals surface area contributed by atoms with Crippen LogP contribution < -0.4 is 5.73 Å².